The van der Waals surface area contributed by atoms with Crippen LogP contribution in [0.2, 0.25) is 0 Å². The zero-order chi connectivity index (χ0) is 19.3. The molecule has 1 aromatic rings. The Morgan fingerprint density at radius 1 is 1.31 bits per heavy atom. The number of aliphatic hydroxyl groups excluding tert-OH is 2. The van der Waals surface area contributed by atoms with E-state index >= 15 is 0 Å². The van der Waals surface area contributed by atoms with Gasteiger partial charge in [0.15, 0.2) is 5.37 Å². The van der Waals surface area contributed by atoms with Crippen LogP contribution >= 0.6 is 11.8 Å². The van der Waals surface area contributed by atoms with Crippen molar-refractivity contribution in [1.82, 2.24) is 4.90 Å². The lowest BCUT2D eigenvalue weighted by Gasteiger charge is -2.37. The Kier molecular flexibility index (Phi) is 7.22. The summed E-state index contributed by atoms with van der Waals surface area (Å²) in [5.74, 6) is 0.583. The van der Waals surface area contributed by atoms with E-state index in [0.717, 1.165) is 5.56 Å². The predicted molar refractivity (Wildman–Crippen MR) is 94.6 cm³/mol. The van der Waals surface area contributed by atoms with Gasteiger partial charge in [-0.2, -0.15) is 13.2 Å². The van der Waals surface area contributed by atoms with Gasteiger partial charge in [0.1, 0.15) is 18.5 Å². The molecule has 5 nitrogen and oxygen atoms in total. The molecule has 9 heteroatoms. The van der Waals surface area contributed by atoms with Crippen LogP contribution in [0.3, 0.4) is 0 Å². The van der Waals surface area contributed by atoms with E-state index < -0.39 is 23.7 Å². The van der Waals surface area contributed by atoms with E-state index in [1.807, 2.05) is 0 Å². The van der Waals surface area contributed by atoms with Gasteiger partial charge in [-0.25, -0.2) is 0 Å². The molecule has 0 fully saturated rings. The molecule has 0 saturated heterocycles. The van der Waals surface area contributed by atoms with Crippen molar-refractivity contribution < 1.29 is 28.1 Å². The van der Waals surface area contributed by atoms with Crippen LogP contribution in [0, 0.1) is 0 Å². The van der Waals surface area contributed by atoms with Crippen molar-refractivity contribution in [2.24, 2.45) is 5.73 Å². The lowest BCUT2D eigenvalue weighted by molar-refractivity contribution is -0.157. The number of nitrogens with zero attached hydrogens (tertiary/aromatic N) is 1. The molecule has 4 N–H and O–H groups in total. The van der Waals surface area contributed by atoms with E-state index in [9.17, 15) is 18.3 Å². The third kappa shape index (κ3) is 5.06. The topological polar surface area (TPSA) is 79.0 Å². The Morgan fingerprint density at radius 2 is 1.96 bits per heavy atom. The SMILES string of the molecule is CC(Cc1ccc(OCCO)cc1)N1C(C(O)CN)=CSC1C(F)(F)F. The van der Waals surface area contributed by atoms with Gasteiger partial charge in [0.05, 0.1) is 12.3 Å². The minimum atomic E-state index is -4.42. The Labute approximate surface area is 154 Å². The van der Waals surface area contributed by atoms with E-state index in [4.69, 9.17) is 15.6 Å². The molecule has 1 aliphatic rings. The summed E-state index contributed by atoms with van der Waals surface area (Å²) in [5, 5.41) is 18.3. The monoisotopic (exact) mass is 392 g/mol. The van der Waals surface area contributed by atoms with Crippen LogP contribution in [-0.2, 0) is 6.42 Å². The molecule has 0 bridgehead atoms. The van der Waals surface area contributed by atoms with E-state index in [1.54, 1.807) is 31.2 Å². The third-order valence-electron chi connectivity index (χ3n) is 4.00. The van der Waals surface area contributed by atoms with Gasteiger partial charge < -0.3 is 25.6 Å². The molecule has 0 radical (unpaired) electrons. The first kappa shape index (κ1) is 20.9. The first-order chi connectivity index (χ1) is 12.3. The third-order valence-corrected chi connectivity index (χ3v) is 5.13. The van der Waals surface area contributed by atoms with Crippen molar-refractivity contribution >= 4 is 11.8 Å². The predicted octanol–water partition coefficient (Wildman–Crippen LogP) is 2.09. The number of rotatable bonds is 8. The molecule has 1 aliphatic heterocycles. The molecule has 0 amide bonds. The van der Waals surface area contributed by atoms with Crippen molar-refractivity contribution in [2.75, 3.05) is 19.8 Å². The highest BCUT2D eigenvalue weighted by Gasteiger charge is 2.49. The maximum Gasteiger partial charge on any atom is 0.418 e. The van der Waals surface area contributed by atoms with E-state index in [2.05, 4.69) is 0 Å². The summed E-state index contributed by atoms with van der Waals surface area (Å²) < 4.78 is 45.4. The summed E-state index contributed by atoms with van der Waals surface area (Å²) in [6.45, 7) is 1.64. The van der Waals surface area contributed by atoms with Gasteiger partial charge in [-0.15, -0.1) is 0 Å². The average Bonchev–Trinajstić information content (AvgIpc) is 3.06. The standard InChI is InChI=1S/C17H23F3N2O3S/c1-11(8-12-2-4-13(5-3-12)25-7-6-23)22-14(15(24)9-21)10-26-16(22)17(18,19)20/h2-5,10-11,15-16,23-24H,6-9,21H2,1H3. The molecule has 26 heavy (non-hydrogen) atoms. The van der Waals surface area contributed by atoms with Gasteiger partial charge in [-0.3, -0.25) is 0 Å². The first-order valence-electron chi connectivity index (χ1n) is 8.19. The minimum absolute atomic E-state index is 0.0944. The van der Waals surface area contributed by atoms with Gasteiger partial charge in [0.2, 0.25) is 0 Å². The highest BCUT2D eigenvalue weighted by Crippen LogP contribution is 2.43. The molecule has 1 heterocycles. The van der Waals surface area contributed by atoms with Crippen LogP contribution in [0.5, 0.6) is 5.75 Å². The second-order valence-electron chi connectivity index (χ2n) is 6.00. The summed E-state index contributed by atoms with van der Waals surface area (Å²) in [4.78, 5) is 1.21. The molecule has 0 aromatic heterocycles. The highest BCUT2D eigenvalue weighted by molar-refractivity contribution is 8.03. The van der Waals surface area contributed by atoms with E-state index in [0.29, 0.717) is 23.9 Å². The van der Waals surface area contributed by atoms with Crippen molar-refractivity contribution in [2.45, 2.75) is 37.0 Å². The number of hydrogen-bond donors (Lipinski definition) is 3. The number of halogens is 3. The zero-order valence-electron chi connectivity index (χ0n) is 14.3. The van der Waals surface area contributed by atoms with Crippen LogP contribution in [0.25, 0.3) is 0 Å². The fourth-order valence-corrected chi connectivity index (χ4v) is 3.97. The largest absolute Gasteiger partial charge is 0.491 e. The van der Waals surface area contributed by atoms with Gasteiger partial charge in [-0.1, -0.05) is 23.9 Å². The summed E-state index contributed by atoms with van der Waals surface area (Å²) in [6.07, 6.45) is -5.19. The van der Waals surface area contributed by atoms with Crippen LogP contribution in [0.1, 0.15) is 12.5 Å². The second kappa shape index (κ2) is 8.98. The van der Waals surface area contributed by atoms with Gasteiger partial charge in [0.25, 0.3) is 0 Å². The van der Waals surface area contributed by atoms with Gasteiger partial charge >= 0.3 is 6.18 Å². The normalized spacial score (nSPS) is 20.0. The Bertz CT molecular complexity index is 610. The Morgan fingerprint density at radius 3 is 2.50 bits per heavy atom. The maximum absolute atomic E-state index is 13.4. The van der Waals surface area contributed by atoms with Crippen LogP contribution in [0.4, 0.5) is 13.2 Å². The fraction of sp³-hybridized carbons (Fsp3) is 0.529. The average molecular weight is 392 g/mol. The smallest absolute Gasteiger partial charge is 0.418 e. The van der Waals surface area contributed by atoms with Gasteiger partial charge in [-0.05, 0) is 36.4 Å². The summed E-state index contributed by atoms with van der Waals surface area (Å²) in [5.41, 5.74) is 6.48. The van der Waals surface area contributed by atoms with Crippen molar-refractivity contribution in [3.63, 3.8) is 0 Å². The van der Waals surface area contributed by atoms with Crippen LogP contribution < -0.4 is 10.5 Å². The maximum atomic E-state index is 13.4. The first-order valence-corrected chi connectivity index (χ1v) is 9.13. The zero-order valence-corrected chi connectivity index (χ0v) is 15.1. The van der Waals surface area contributed by atoms with Crippen molar-refractivity contribution in [1.29, 1.82) is 0 Å². The van der Waals surface area contributed by atoms with Crippen molar-refractivity contribution in [3.8, 4) is 5.75 Å². The van der Waals surface area contributed by atoms with Crippen molar-refractivity contribution in [3.05, 3.63) is 40.9 Å². The number of thioether (sulfide) groups is 1. The lowest BCUT2D eigenvalue weighted by Crippen LogP contribution is -2.48. The number of hydrogen-bond acceptors (Lipinski definition) is 6. The summed E-state index contributed by atoms with van der Waals surface area (Å²) in [6, 6.07) is 6.48. The fourth-order valence-electron chi connectivity index (χ4n) is 2.81. The molecule has 0 aliphatic carbocycles. The molecular weight excluding hydrogens is 369 g/mol. The number of ether oxygens (including phenoxy) is 1. The highest BCUT2D eigenvalue weighted by atomic mass is 32.2. The number of benzene rings is 1. The quantitative estimate of drug-likeness (QED) is 0.629. The van der Waals surface area contributed by atoms with Gasteiger partial charge in [0, 0.05) is 12.6 Å². The minimum Gasteiger partial charge on any atom is -0.491 e. The molecule has 146 valence electrons. The second-order valence-corrected chi connectivity index (χ2v) is 6.96. The molecule has 0 saturated carbocycles. The summed E-state index contributed by atoms with van der Waals surface area (Å²) >= 11 is 0.639. The molecule has 1 aromatic carbocycles. The summed E-state index contributed by atoms with van der Waals surface area (Å²) in [7, 11) is 0. The Balaban J connectivity index is 2.13. The molecule has 2 rings (SSSR count). The lowest BCUT2D eigenvalue weighted by atomic mass is 10.0. The number of alkyl halides is 3. The molecule has 3 unspecified atom stereocenters. The van der Waals surface area contributed by atoms with Crippen LogP contribution in [0.15, 0.2) is 35.4 Å². The van der Waals surface area contributed by atoms with E-state index in [-0.39, 0.29) is 25.5 Å². The number of aliphatic hydroxyl groups is 2. The Hall–Kier alpha value is -1.42. The number of nitrogens with two attached hydrogens (primary N) is 1. The molecule has 3 atom stereocenters. The van der Waals surface area contributed by atoms with Crippen LogP contribution in [-0.4, -0.2) is 58.6 Å². The molecular formula is C17H23F3N2O3S. The molecule has 0 spiro atoms. The van der Waals surface area contributed by atoms with E-state index in [1.165, 1.54) is 10.3 Å².